The van der Waals surface area contributed by atoms with E-state index in [1.165, 1.54) is 0 Å². The summed E-state index contributed by atoms with van der Waals surface area (Å²) < 4.78 is 0. The van der Waals surface area contributed by atoms with Crippen LogP contribution in [0.25, 0.3) is 0 Å². The maximum absolute atomic E-state index is 4.25. The monoisotopic (exact) mass is 224 g/mol. The van der Waals surface area contributed by atoms with Gasteiger partial charge in [0.05, 0.1) is 11.4 Å². The Kier molecular flexibility index (Phi) is 3.50. The van der Waals surface area contributed by atoms with Crippen LogP contribution in [0, 0.1) is 6.07 Å². The fourth-order valence-corrected chi connectivity index (χ4v) is 1.48. The van der Waals surface area contributed by atoms with Crippen LogP contribution in [-0.2, 0) is 0 Å². The van der Waals surface area contributed by atoms with Crippen molar-refractivity contribution in [2.24, 2.45) is 10.2 Å². The summed E-state index contributed by atoms with van der Waals surface area (Å²) in [5.41, 5.74) is 2.64. The lowest BCUT2D eigenvalue weighted by molar-refractivity contribution is 1.11. The van der Waals surface area contributed by atoms with Crippen LogP contribution in [-0.4, -0.2) is 14.1 Å². The van der Waals surface area contributed by atoms with E-state index in [0.717, 1.165) is 17.1 Å². The lowest BCUT2D eigenvalue weighted by atomic mass is 10.2. The average molecular weight is 224 g/mol. The third kappa shape index (κ3) is 2.91. The molecule has 0 atom stereocenters. The maximum Gasteiger partial charge on any atom is 0.109 e. The number of azo groups is 1. The third-order valence-electron chi connectivity index (χ3n) is 2.32. The van der Waals surface area contributed by atoms with Crippen molar-refractivity contribution < 1.29 is 0 Å². The zero-order valence-electron chi connectivity index (χ0n) is 9.96. The van der Waals surface area contributed by atoms with E-state index in [-0.39, 0.29) is 0 Å². The van der Waals surface area contributed by atoms with Crippen LogP contribution >= 0.6 is 0 Å². The molecule has 0 heterocycles. The minimum atomic E-state index is 0.737. The third-order valence-corrected chi connectivity index (χ3v) is 2.32. The van der Waals surface area contributed by atoms with Gasteiger partial charge in [0, 0.05) is 20.2 Å². The predicted octanol–water partition coefficient (Wildman–Crippen LogP) is 3.97. The minimum Gasteiger partial charge on any atom is -0.376 e. The first kappa shape index (κ1) is 11.3. The molecule has 0 saturated heterocycles. The zero-order chi connectivity index (χ0) is 12.1. The quantitative estimate of drug-likeness (QED) is 0.725. The summed E-state index contributed by atoms with van der Waals surface area (Å²) >= 11 is 0. The van der Waals surface area contributed by atoms with Gasteiger partial charge >= 0.3 is 0 Å². The Morgan fingerprint density at radius 2 is 1.71 bits per heavy atom. The summed E-state index contributed by atoms with van der Waals surface area (Å²) in [6.45, 7) is 0. The molecule has 0 N–H and O–H groups in total. The molecule has 0 spiro atoms. The molecule has 3 nitrogen and oxygen atoms in total. The highest BCUT2D eigenvalue weighted by Gasteiger charge is 2.01. The first-order valence-electron chi connectivity index (χ1n) is 5.42. The Balaban J connectivity index is 2.27. The van der Waals surface area contributed by atoms with Gasteiger partial charge in [-0.15, -0.1) is 10.2 Å². The molecule has 2 rings (SSSR count). The van der Waals surface area contributed by atoms with Gasteiger partial charge < -0.3 is 4.90 Å². The number of hydrogen-bond acceptors (Lipinski definition) is 3. The Labute approximate surface area is 101 Å². The van der Waals surface area contributed by atoms with Gasteiger partial charge in [0.1, 0.15) is 5.69 Å². The van der Waals surface area contributed by atoms with Gasteiger partial charge in [-0.2, -0.15) is 0 Å². The van der Waals surface area contributed by atoms with Gasteiger partial charge in [0.15, 0.2) is 0 Å². The summed E-state index contributed by atoms with van der Waals surface area (Å²) in [5.74, 6) is 0. The number of hydrogen-bond donors (Lipinski definition) is 0. The van der Waals surface area contributed by atoms with Crippen LogP contribution in [0.15, 0.2) is 58.8 Å². The molecule has 0 unspecified atom stereocenters. The SMILES string of the molecule is CN(C)c1ccccc1/N=N/c1[c]cccc1. The van der Waals surface area contributed by atoms with Gasteiger partial charge in [0.2, 0.25) is 0 Å². The van der Waals surface area contributed by atoms with E-state index < -0.39 is 0 Å². The molecule has 0 saturated carbocycles. The average Bonchev–Trinajstić information content (AvgIpc) is 2.38. The Morgan fingerprint density at radius 3 is 2.41 bits per heavy atom. The Hall–Kier alpha value is -2.16. The van der Waals surface area contributed by atoms with E-state index in [9.17, 15) is 0 Å². The Bertz CT molecular complexity index is 504. The second-order valence-electron chi connectivity index (χ2n) is 3.83. The molecule has 2 aromatic carbocycles. The van der Waals surface area contributed by atoms with Gasteiger partial charge in [-0.1, -0.05) is 30.3 Å². The highest BCUT2D eigenvalue weighted by atomic mass is 15.1. The number of anilines is 1. The minimum absolute atomic E-state index is 0.737. The van der Waals surface area contributed by atoms with Crippen molar-refractivity contribution >= 4 is 17.1 Å². The molecular weight excluding hydrogens is 210 g/mol. The van der Waals surface area contributed by atoms with Crippen molar-refractivity contribution in [1.82, 2.24) is 0 Å². The largest absolute Gasteiger partial charge is 0.376 e. The molecule has 0 aliphatic carbocycles. The molecule has 0 fully saturated rings. The van der Waals surface area contributed by atoms with E-state index in [1.54, 1.807) is 0 Å². The molecule has 85 valence electrons. The fourth-order valence-electron chi connectivity index (χ4n) is 1.48. The molecule has 17 heavy (non-hydrogen) atoms. The summed E-state index contributed by atoms with van der Waals surface area (Å²) in [4.78, 5) is 2.02. The molecule has 3 heteroatoms. The van der Waals surface area contributed by atoms with Crippen LogP contribution in [0.5, 0.6) is 0 Å². The standard InChI is InChI=1S/C14H14N3/c1-17(2)14-11-7-6-10-13(14)16-15-12-8-4-3-5-9-12/h3-8,10-11H,1-2H3/b16-15+. The van der Waals surface area contributed by atoms with Crippen molar-refractivity contribution in [2.45, 2.75) is 0 Å². The smallest absolute Gasteiger partial charge is 0.109 e. The Morgan fingerprint density at radius 1 is 0.941 bits per heavy atom. The van der Waals surface area contributed by atoms with Crippen molar-refractivity contribution in [3.63, 3.8) is 0 Å². The van der Waals surface area contributed by atoms with Gasteiger partial charge in [-0.3, -0.25) is 0 Å². The number of para-hydroxylation sites is 1. The van der Waals surface area contributed by atoms with Crippen LogP contribution in [0.1, 0.15) is 0 Å². The number of rotatable bonds is 3. The summed E-state index contributed by atoms with van der Waals surface area (Å²) in [6.07, 6.45) is 0. The maximum atomic E-state index is 4.25. The molecule has 2 aromatic rings. The van der Waals surface area contributed by atoms with Crippen molar-refractivity contribution in [3.8, 4) is 0 Å². The highest BCUT2D eigenvalue weighted by molar-refractivity contribution is 5.65. The summed E-state index contributed by atoms with van der Waals surface area (Å²) in [7, 11) is 3.98. The molecule has 0 aromatic heterocycles. The molecule has 1 radical (unpaired) electrons. The van der Waals surface area contributed by atoms with Gasteiger partial charge in [-0.05, 0) is 18.2 Å². The summed E-state index contributed by atoms with van der Waals surface area (Å²) in [5, 5.41) is 8.41. The van der Waals surface area contributed by atoms with Crippen LogP contribution in [0.4, 0.5) is 17.1 Å². The van der Waals surface area contributed by atoms with E-state index in [2.05, 4.69) is 16.3 Å². The van der Waals surface area contributed by atoms with Gasteiger partial charge in [0.25, 0.3) is 0 Å². The highest BCUT2D eigenvalue weighted by Crippen LogP contribution is 2.28. The molecule has 0 aliphatic rings. The summed E-state index contributed by atoms with van der Waals surface area (Å²) in [6, 6.07) is 18.5. The van der Waals surface area contributed by atoms with Crippen LogP contribution in [0.2, 0.25) is 0 Å². The van der Waals surface area contributed by atoms with Crippen molar-refractivity contribution in [3.05, 3.63) is 54.6 Å². The first-order valence-corrected chi connectivity index (χ1v) is 5.42. The predicted molar refractivity (Wildman–Crippen MR) is 70.2 cm³/mol. The second-order valence-corrected chi connectivity index (χ2v) is 3.83. The molecule has 0 aliphatic heterocycles. The van der Waals surface area contributed by atoms with E-state index in [0.29, 0.717) is 0 Å². The topological polar surface area (TPSA) is 28.0 Å². The first-order chi connectivity index (χ1) is 8.27. The van der Waals surface area contributed by atoms with Crippen molar-refractivity contribution in [1.29, 1.82) is 0 Å². The second kappa shape index (κ2) is 5.25. The van der Waals surface area contributed by atoms with E-state index in [4.69, 9.17) is 0 Å². The van der Waals surface area contributed by atoms with E-state index >= 15 is 0 Å². The zero-order valence-corrected chi connectivity index (χ0v) is 9.96. The normalized spacial score (nSPS) is 10.7. The molecule has 0 amide bonds. The van der Waals surface area contributed by atoms with E-state index in [1.807, 2.05) is 67.5 Å². The lowest BCUT2D eigenvalue weighted by Crippen LogP contribution is -2.08. The van der Waals surface area contributed by atoms with Crippen LogP contribution < -0.4 is 4.90 Å². The van der Waals surface area contributed by atoms with Gasteiger partial charge in [-0.25, -0.2) is 0 Å². The molecule has 0 bridgehead atoms. The van der Waals surface area contributed by atoms with Crippen molar-refractivity contribution in [2.75, 3.05) is 19.0 Å². The number of benzene rings is 2. The molecular formula is C14H14N3. The lowest BCUT2D eigenvalue weighted by Gasteiger charge is -2.13. The van der Waals surface area contributed by atoms with Crippen LogP contribution in [0.3, 0.4) is 0 Å². The number of nitrogens with zero attached hydrogens (tertiary/aromatic N) is 3. The fraction of sp³-hybridized carbons (Fsp3) is 0.143.